The molecular formula is C30H31N3O2S. The van der Waals surface area contributed by atoms with Crippen LogP contribution in [0.1, 0.15) is 58.6 Å². The molecule has 6 rings (SSSR count). The molecule has 2 aliphatic rings. The van der Waals surface area contributed by atoms with Crippen LogP contribution >= 0.6 is 11.3 Å². The number of thiophene rings is 1. The molecule has 2 aromatic carbocycles. The Hall–Kier alpha value is -3.51. The maximum absolute atomic E-state index is 14.0. The van der Waals surface area contributed by atoms with Gasteiger partial charge in [0.25, 0.3) is 0 Å². The van der Waals surface area contributed by atoms with Gasteiger partial charge in [0.2, 0.25) is 0 Å². The Kier molecular flexibility index (Phi) is 6.05. The standard InChI is InChI=1S/C30H31N3O2S/c1-3-35-23-15-13-21(14-16-23)28-26-11-7-17-32(26)29-25(24-10-4-5-12-27(24)36-29)19-33(28)30(34)31-22-9-6-8-20(2)18-22/h6-9,11,13-18,28H,3-5,10,12,19H2,1-2H3,(H,31,34). The number of hydrogen-bond donors (Lipinski definition) is 1. The number of nitrogens with one attached hydrogen (secondary N) is 1. The number of aryl methyl sites for hydroxylation is 2. The average Bonchev–Trinajstić information content (AvgIpc) is 3.47. The van der Waals surface area contributed by atoms with Gasteiger partial charge < -0.3 is 19.5 Å². The summed E-state index contributed by atoms with van der Waals surface area (Å²) in [6.07, 6.45) is 6.85. The lowest BCUT2D eigenvalue weighted by Crippen LogP contribution is -2.38. The number of nitrogens with zero attached hydrogens (tertiary/aromatic N) is 2. The summed E-state index contributed by atoms with van der Waals surface area (Å²) in [5.74, 6) is 0.842. The van der Waals surface area contributed by atoms with Gasteiger partial charge in [-0.15, -0.1) is 11.3 Å². The van der Waals surface area contributed by atoms with Gasteiger partial charge in [-0.1, -0.05) is 24.3 Å². The van der Waals surface area contributed by atoms with Crippen molar-refractivity contribution in [2.75, 3.05) is 11.9 Å². The van der Waals surface area contributed by atoms with E-state index in [1.165, 1.54) is 33.8 Å². The Morgan fingerprint density at radius 1 is 1.06 bits per heavy atom. The normalized spacial score (nSPS) is 16.5. The smallest absolute Gasteiger partial charge is 0.322 e. The molecular weight excluding hydrogens is 466 g/mol. The summed E-state index contributed by atoms with van der Waals surface area (Å²) in [5, 5.41) is 4.46. The minimum absolute atomic E-state index is 0.0872. The molecule has 5 nitrogen and oxygen atoms in total. The highest BCUT2D eigenvalue weighted by molar-refractivity contribution is 7.15. The van der Waals surface area contributed by atoms with Gasteiger partial charge in [0.1, 0.15) is 10.8 Å². The summed E-state index contributed by atoms with van der Waals surface area (Å²) < 4.78 is 8.01. The number of carbonyl (C=O) groups excluding carboxylic acids is 1. The molecule has 0 spiro atoms. The number of amides is 2. The molecule has 2 amide bonds. The van der Waals surface area contributed by atoms with E-state index in [2.05, 4.69) is 40.3 Å². The van der Waals surface area contributed by atoms with E-state index in [1.807, 2.05) is 66.5 Å². The topological polar surface area (TPSA) is 46.5 Å². The number of urea groups is 1. The molecule has 6 heteroatoms. The molecule has 1 unspecified atom stereocenters. The lowest BCUT2D eigenvalue weighted by Gasteiger charge is -2.31. The zero-order valence-corrected chi connectivity index (χ0v) is 21.6. The van der Waals surface area contributed by atoms with Gasteiger partial charge >= 0.3 is 6.03 Å². The third-order valence-corrected chi connectivity index (χ3v) is 8.55. The predicted octanol–water partition coefficient (Wildman–Crippen LogP) is 7.26. The van der Waals surface area contributed by atoms with Gasteiger partial charge in [-0.25, -0.2) is 4.79 Å². The van der Waals surface area contributed by atoms with Gasteiger partial charge in [0.15, 0.2) is 0 Å². The van der Waals surface area contributed by atoms with Crippen molar-refractivity contribution in [2.45, 2.75) is 52.1 Å². The number of rotatable bonds is 4. The van der Waals surface area contributed by atoms with E-state index < -0.39 is 0 Å². The number of carbonyl (C=O) groups is 1. The Morgan fingerprint density at radius 3 is 2.69 bits per heavy atom. The van der Waals surface area contributed by atoms with Crippen molar-refractivity contribution in [3.8, 4) is 10.8 Å². The van der Waals surface area contributed by atoms with Crippen molar-refractivity contribution in [3.63, 3.8) is 0 Å². The number of anilines is 1. The summed E-state index contributed by atoms with van der Waals surface area (Å²) in [6.45, 7) is 5.24. The minimum Gasteiger partial charge on any atom is -0.494 e. The third kappa shape index (κ3) is 4.09. The third-order valence-electron chi connectivity index (χ3n) is 7.22. The van der Waals surface area contributed by atoms with Crippen molar-refractivity contribution in [1.82, 2.24) is 9.47 Å². The Bertz CT molecular complexity index is 1400. The molecule has 36 heavy (non-hydrogen) atoms. The van der Waals surface area contributed by atoms with E-state index in [9.17, 15) is 4.79 Å². The Balaban J connectivity index is 1.47. The van der Waals surface area contributed by atoms with Crippen molar-refractivity contribution < 1.29 is 9.53 Å². The molecule has 1 atom stereocenters. The minimum atomic E-state index is -0.223. The quantitative estimate of drug-likeness (QED) is 0.322. The molecule has 0 saturated heterocycles. The molecule has 4 aromatic rings. The van der Waals surface area contributed by atoms with Crippen LogP contribution in [0.5, 0.6) is 5.75 Å². The zero-order chi connectivity index (χ0) is 24.6. The predicted molar refractivity (Wildman–Crippen MR) is 145 cm³/mol. The van der Waals surface area contributed by atoms with Crippen molar-refractivity contribution in [2.24, 2.45) is 0 Å². The van der Waals surface area contributed by atoms with E-state index in [-0.39, 0.29) is 12.1 Å². The maximum atomic E-state index is 14.0. The van der Waals surface area contributed by atoms with E-state index in [4.69, 9.17) is 4.74 Å². The number of hydrogen-bond acceptors (Lipinski definition) is 3. The summed E-state index contributed by atoms with van der Waals surface area (Å²) in [7, 11) is 0. The molecule has 2 aromatic heterocycles. The number of fused-ring (bicyclic) bond motifs is 5. The van der Waals surface area contributed by atoms with Crippen LogP contribution in [0.4, 0.5) is 10.5 Å². The van der Waals surface area contributed by atoms with Gasteiger partial charge in [0.05, 0.1) is 24.9 Å². The molecule has 1 aliphatic heterocycles. The maximum Gasteiger partial charge on any atom is 0.322 e. The number of benzene rings is 2. The molecule has 184 valence electrons. The van der Waals surface area contributed by atoms with Crippen molar-refractivity contribution in [1.29, 1.82) is 0 Å². The summed E-state index contributed by atoms with van der Waals surface area (Å²) >= 11 is 1.91. The first kappa shape index (κ1) is 22.9. The Morgan fingerprint density at radius 2 is 1.89 bits per heavy atom. The first-order valence-corrected chi connectivity index (χ1v) is 13.6. The van der Waals surface area contributed by atoms with Crippen LogP contribution in [0.25, 0.3) is 5.00 Å². The fourth-order valence-electron chi connectivity index (χ4n) is 5.57. The highest BCUT2D eigenvalue weighted by atomic mass is 32.1. The molecule has 0 radical (unpaired) electrons. The van der Waals surface area contributed by atoms with Gasteiger partial charge in [-0.3, -0.25) is 0 Å². The first-order valence-electron chi connectivity index (χ1n) is 12.8. The fourth-order valence-corrected chi connectivity index (χ4v) is 6.97. The second kappa shape index (κ2) is 9.51. The van der Waals surface area contributed by atoms with Crippen LogP contribution in [0.2, 0.25) is 0 Å². The average molecular weight is 498 g/mol. The highest BCUT2D eigenvalue weighted by Gasteiger charge is 2.36. The fraction of sp³-hybridized carbons (Fsp3) is 0.300. The van der Waals surface area contributed by atoms with E-state index >= 15 is 0 Å². The highest BCUT2D eigenvalue weighted by Crippen LogP contribution is 2.44. The number of ether oxygens (including phenoxy) is 1. The molecule has 1 N–H and O–H groups in total. The van der Waals surface area contributed by atoms with Gasteiger partial charge in [-0.05, 0) is 92.6 Å². The van der Waals surface area contributed by atoms with Crippen LogP contribution < -0.4 is 10.1 Å². The van der Waals surface area contributed by atoms with Crippen LogP contribution in [0.3, 0.4) is 0 Å². The lowest BCUT2D eigenvalue weighted by atomic mass is 9.95. The lowest BCUT2D eigenvalue weighted by molar-refractivity contribution is 0.194. The summed E-state index contributed by atoms with van der Waals surface area (Å²) in [4.78, 5) is 17.5. The Labute approximate surface area is 216 Å². The van der Waals surface area contributed by atoms with Crippen LogP contribution in [-0.2, 0) is 19.4 Å². The second-order valence-electron chi connectivity index (χ2n) is 9.63. The second-order valence-corrected chi connectivity index (χ2v) is 10.7. The van der Waals surface area contributed by atoms with Crippen molar-refractivity contribution >= 4 is 23.1 Å². The van der Waals surface area contributed by atoms with E-state index in [0.717, 1.165) is 41.1 Å². The summed E-state index contributed by atoms with van der Waals surface area (Å²) in [5.41, 5.74) is 6.88. The van der Waals surface area contributed by atoms with E-state index in [1.54, 1.807) is 0 Å². The van der Waals surface area contributed by atoms with Crippen LogP contribution in [-0.4, -0.2) is 22.1 Å². The molecule has 0 saturated carbocycles. The van der Waals surface area contributed by atoms with Crippen molar-refractivity contribution in [3.05, 3.63) is 99.7 Å². The first-order chi connectivity index (χ1) is 17.6. The largest absolute Gasteiger partial charge is 0.494 e. The SMILES string of the molecule is CCOc1ccc(C2c3cccn3-c3sc4c(c3CN2C(=O)Nc2cccc(C)c2)CCCC4)cc1. The summed E-state index contributed by atoms with van der Waals surface area (Å²) in [6, 6.07) is 20.1. The number of aromatic nitrogens is 1. The van der Waals surface area contributed by atoms with Crippen LogP contribution in [0, 0.1) is 6.92 Å². The van der Waals surface area contributed by atoms with Gasteiger partial charge in [-0.2, -0.15) is 0 Å². The van der Waals surface area contributed by atoms with Crippen LogP contribution in [0.15, 0.2) is 66.9 Å². The molecule has 3 heterocycles. The molecule has 1 aliphatic carbocycles. The monoisotopic (exact) mass is 497 g/mol. The van der Waals surface area contributed by atoms with Gasteiger partial charge in [0, 0.05) is 22.3 Å². The zero-order valence-electron chi connectivity index (χ0n) is 20.8. The molecule has 0 fully saturated rings. The van der Waals surface area contributed by atoms with E-state index in [0.29, 0.717) is 13.2 Å². The molecule has 0 bridgehead atoms.